The molecule has 0 aromatic heterocycles. The van der Waals surface area contributed by atoms with Gasteiger partial charge >= 0.3 is 0 Å². The van der Waals surface area contributed by atoms with Crippen molar-refractivity contribution in [3.63, 3.8) is 0 Å². The smallest absolute Gasteiger partial charge is 0.0353 e. The van der Waals surface area contributed by atoms with Gasteiger partial charge in [0.15, 0.2) is 0 Å². The Balaban J connectivity index is 1.96. The van der Waals surface area contributed by atoms with Gasteiger partial charge in [0.1, 0.15) is 0 Å². The molecule has 0 unspecified atom stereocenters. The van der Waals surface area contributed by atoms with Crippen molar-refractivity contribution in [1.29, 1.82) is 0 Å². The van der Waals surface area contributed by atoms with Gasteiger partial charge in [-0.3, -0.25) is 0 Å². The average molecular weight is 222 g/mol. The topological polar surface area (TPSA) is 24.1 Å². The number of piperidine rings is 1. The third kappa shape index (κ3) is 3.14. The van der Waals surface area contributed by atoms with Crippen LogP contribution in [0.25, 0.3) is 0 Å². The van der Waals surface area contributed by atoms with Crippen LogP contribution in [0.5, 0.6) is 0 Å². The summed E-state index contributed by atoms with van der Waals surface area (Å²) in [6, 6.07) is 9.30. The standard InChI is InChI=1S/C12H18N2S/c1-15-12-4-2-3-11(9-12)14-10-5-7-13-8-6-10/h2-4,9-10,13-14H,5-8H2,1H3. The van der Waals surface area contributed by atoms with E-state index in [0.717, 1.165) is 13.1 Å². The normalized spacial score (nSPS) is 17.7. The Labute approximate surface area is 95.8 Å². The third-order valence-corrected chi connectivity index (χ3v) is 3.51. The minimum atomic E-state index is 0.642. The molecule has 0 bridgehead atoms. The lowest BCUT2D eigenvalue weighted by molar-refractivity contribution is 0.479. The zero-order valence-electron chi connectivity index (χ0n) is 9.12. The molecule has 0 saturated carbocycles. The summed E-state index contributed by atoms with van der Waals surface area (Å²) in [7, 11) is 0. The molecule has 1 aliphatic heterocycles. The molecule has 1 aromatic rings. The van der Waals surface area contributed by atoms with Gasteiger partial charge in [-0.1, -0.05) is 6.07 Å². The molecule has 0 amide bonds. The van der Waals surface area contributed by atoms with Crippen molar-refractivity contribution in [2.24, 2.45) is 0 Å². The summed E-state index contributed by atoms with van der Waals surface area (Å²) in [6.07, 6.45) is 4.57. The van der Waals surface area contributed by atoms with E-state index < -0.39 is 0 Å². The van der Waals surface area contributed by atoms with Gasteiger partial charge in [-0.25, -0.2) is 0 Å². The largest absolute Gasteiger partial charge is 0.382 e. The van der Waals surface area contributed by atoms with Gasteiger partial charge in [0.25, 0.3) is 0 Å². The summed E-state index contributed by atoms with van der Waals surface area (Å²) >= 11 is 1.79. The van der Waals surface area contributed by atoms with Crippen LogP contribution in [0.15, 0.2) is 29.2 Å². The van der Waals surface area contributed by atoms with Crippen LogP contribution in [0.4, 0.5) is 5.69 Å². The summed E-state index contributed by atoms with van der Waals surface area (Å²) in [5, 5.41) is 6.98. The molecule has 1 aromatic carbocycles. The predicted octanol–water partition coefficient (Wildman–Crippen LogP) is 2.57. The fourth-order valence-corrected chi connectivity index (χ4v) is 2.37. The van der Waals surface area contributed by atoms with E-state index in [1.807, 2.05) is 0 Å². The average Bonchev–Trinajstić information content (AvgIpc) is 2.31. The first-order valence-corrected chi connectivity index (χ1v) is 6.72. The highest BCUT2D eigenvalue weighted by molar-refractivity contribution is 7.98. The zero-order chi connectivity index (χ0) is 10.5. The van der Waals surface area contributed by atoms with E-state index in [1.165, 1.54) is 23.4 Å². The Morgan fingerprint density at radius 1 is 1.33 bits per heavy atom. The highest BCUT2D eigenvalue weighted by atomic mass is 32.2. The Hall–Kier alpha value is -0.670. The fourth-order valence-electron chi connectivity index (χ4n) is 1.91. The van der Waals surface area contributed by atoms with E-state index in [2.05, 4.69) is 41.2 Å². The maximum atomic E-state index is 3.60. The number of rotatable bonds is 3. The fraction of sp³-hybridized carbons (Fsp3) is 0.500. The molecule has 0 radical (unpaired) electrons. The van der Waals surface area contributed by atoms with Gasteiger partial charge in [-0.15, -0.1) is 11.8 Å². The second-order valence-corrected chi connectivity index (χ2v) is 4.78. The van der Waals surface area contributed by atoms with E-state index in [4.69, 9.17) is 0 Å². The minimum absolute atomic E-state index is 0.642. The van der Waals surface area contributed by atoms with Crippen LogP contribution in [-0.4, -0.2) is 25.4 Å². The molecule has 1 heterocycles. The zero-order valence-corrected chi connectivity index (χ0v) is 9.94. The molecule has 0 atom stereocenters. The van der Waals surface area contributed by atoms with Crippen molar-refractivity contribution in [1.82, 2.24) is 5.32 Å². The highest BCUT2D eigenvalue weighted by Crippen LogP contribution is 2.20. The molecule has 0 aliphatic carbocycles. The van der Waals surface area contributed by atoms with Crippen LogP contribution in [0, 0.1) is 0 Å². The predicted molar refractivity (Wildman–Crippen MR) is 67.7 cm³/mol. The summed E-state index contributed by atoms with van der Waals surface area (Å²) in [5.74, 6) is 0. The SMILES string of the molecule is CSc1cccc(NC2CCNCC2)c1. The van der Waals surface area contributed by atoms with Gasteiger partial charge in [0.05, 0.1) is 0 Å². The Morgan fingerprint density at radius 3 is 2.87 bits per heavy atom. The highest BCUT2D eigenvalue weighted by Gasteiger charge is 2.12. The number of hydrogen-bond donors (Lipinski definition) is 2. The summed E-state index contributed by atoms with van der Waals surface area (Å²) in [4.78, 5) is 1.33. The van der Waals surface area contributed by atoms with Crippen LogP contribution in [0.2, 0.25) is 0 Å². The molecule has 0 spiro atoms. The first-order chi connectivity index (χ1) is 7.38. The van der Waals surface area contributed by atoms with E-state index in [9.17, 15) is 0 Å². The number of benzene rings is 1. The molecule has 1 aliphatic rings. The van der Waals surface area contributed by atoms with Gasteiger partial charge < -0.3 is 10.6 Å². The van der Waals surface area contributed by atoms with E-state index in [0.29, 0.717) is 6.04 Å². The van der Waals surface area contributed by atoms with Crippen LogP contribution < -0.4 is 10.6 Å². The van der Waals surface area contributed by atoms with Gasteiger partial charge in [0, 0.05) is 16.6 Å². The summed E-state index contributed by atoms with van der Waals surface area (Å²) in [6.45, 7) is 2.28. The lowest BCUT2D eigenvalue weighted by Crippen LogP contribution is -2.35. The molecule has 1 saturated heterocycles. The maximum Gasteiger partial charge on any atom is 0.0353 e. The second-order valence-electron chi connectivity index (χ2n) is 3.90. The van der Waals surface area contributed by atoms with Gasteiger partial charge in [0.2, 0.25) is 0 Å². The molecule has 2 rings (SSSR count). The summed E-state index contributed by atoms with van der Waals surface area (Å²) in [5.41, 5.74) is 1.26. The molecule has 2 nitrogen and oxygen atoms in total. The number of nitrogens with one attached hydrogen (secondary N) is 2. The molecule has 15 heavy (non-hydrogen) atoms. The molecule has 3 heteroatoms. The third-order valence-electron chi connectivity index (χ3n) is 2.78. The monoisotopic (exact) mass is 222 g/mol. The number of anilines is 1. The Bertz CT molecular complexity index is 308. The van der Waals surface area contributed by atoms with Crippen molar-refractivity contribution in [2.75, 3.05) is 24.7 Å². The van der Waals surface area contributed by atoms with Crippen molar-refractivity contribution in [3.05, 3.63) is 24.3 Å². The lowest BCUT2D eigenvalue weighted by atomic mass is 10.1. The first-order valence-electron chi connectivity index (χ1n) is 5.50. The van der Waals surface area contributed by atoms with Crippen LogP contribution in [-0.2, 0) is 0 Å². The lowest BCUT2D eigenvalue weighted by Gasteiger charge is -2.24. The Kier molecular flexibility index (Phi) is 3.92. The molecular formula is C12H18N2S. The minimum Gasteiger partial charge on any atom is -0.382 e. The quantitative estimate of drug-likeness (QED) is 0.769. The Morgan fingerprint density at radius 2 is 2.13 bits per heavy atom. The van der Waals surface area contributed by atoms with E-state index in [1.54, 1.807) is 11.8 Å². The first kappa shape index (κ1) is 10.8. The molecule has 2 N–H and O–H groups in total. The second kappa shape index (κ2) is 5.42. The molecule has 1 fully saturated rings. The molecular weight excluding hydrogens is 204 g/mol. The van der Waals surface area contributed by atoms with E-state index >= 15 is 0 Å². The van der Waals surface area contributed by atoms with Crippen molar-refractivity contribution in [2.45, 2.75) is 23.8 Å². The summed E-state index contributed by atoms with van der Waals surface area (Å²) < 4.78 is 0. The molecule has 82 valence electrons. The van der Waals surface area contributed by atoms with Gasteiger partial charge in [-0.05, 0) is 50.4 Å². The van der Waals surface area contributed by atoms with Crippen molar-refractivity contribution >= 4 is 17.4 Å². The van der Waals surface area contributed by atoms with Crippen molar-refractivity contribution < 1.29 is 0 Å². The van der Waals surface area contributed by atoms with E-state index in [-0.39, 0.29) is 0 Å². The number of thioether (sulfide) groups is 1. The van der Waals surface area contributed by atoms with Crippen molar-refractivity contribution in [3.8, 4) is 0 Å². The van der Waals surface area contributed by atoms with Crippen LogP contribution in [0.3, 0.4) is 0 Å². The van der Waals surface area contributed by atoms with Crippen LogP contribution in [0.1, 0.15) is 12.8 Å². The number of hydrogen-bond acceptors (Lipinski definition) is 3. The maximum absolute atomic E-state index is 3.60. The van der Waals surface area contributed by atoms with Crippen LogP contribution >= 0.6 is 11.8 Å². The van der Waals surface area contributed by atoms with Gasteiger partial charge in [-0.2, -0.15) is 0 Å².